The Morgan fingerprint density at radius 2 is 2.26 bits per heavy atom. The van der Waals surface area contributed by atoms with Crippen LogP contribution in [-0.4, -0.2) is 18.8 Å². The molecule has 2 unspecified atom stereocenters. The Balaban J connectivity index is 1.74. The van der Waals surface area contributed by atoms with E-state index in [9.17, 15) is 0 Å². The van der Waals surface area contributed by atoms with E-state index in [1.54, 1.807) is 6.26 Å². The van der Waals surface area contributed by atoms with E-state index in [1.807, 2.05) is 6.07 Å². The largest absolute Gasteiger partial charge is 0.468 e. The molecule has 3 nitrogen and oxygen atoms in total. The molecular weight excluding hydrogens is 238 g/mol. The van der Waals surface area contributed by atoms with Gasteiger partial charge in [0.1, 0.15) is 5.76 Å². The summed E-state index contributed by atoms with van der Waals surface area (Å²) in [7, 11) is 0. The zero-order chi connectivity index (χ0) is 13.1. The molecule has 2 atom stereocenters. The third-order valence-electron chi connectivity index (χ3n) is 4.79. The molecule has 106 valence electrons. The summed E-state index contributed by atoms with van der Waals surface area (Å²) in [5, 5.41) is 3.61. The van der Waals surface area contributed by atoms with E-state index >= 15 is 0 Å². The summed E-state index contributed by atoms with van der Waals surface area (Å²) < 4.78 is 11.8. The van der Waals surface area contributed by atoms with Crippen molar-refractivity contribution in [3.63, 3.8) is 0 Å². The predicted molar refractivity (Wildman–Crippen MR) is 75.0 cm³/mol. The van der Waals surface area contributed by atoms with Gasteiger partial charge >= 0.3 is 0 Å². The van der Waals surface area contributed by atoms with Crippen molar-refractivity contribution in [3.8, 4) is 0 Å². The standard InChI is InChI=1S/C16H25NO2/c1-2-17-15(14-6-5-10-18-14)13-7-11-19-16(12-13)8-3-4-9-16/h5-6,10,13,15,17H,2-4,7-9,11-12H2,1H3. The van der Waals surface area contributed by atoms with Gasteiger partial charge in [0.2, 0.25) is 0 Å². The van der Waals surface area contributed by atoms with Crippen LogP contribution in [0.5, 0.6) is 0 Å². The molecule has 1 aliphatic heterocycles. The van der Waals surface area contributed by atoms with Gasteiger partial charge in [-0.2, -0.15) is 0 Å². The van der Waals surface area contributed by atoms with Crippen LogP contribution < -0.4 is 5.32 Å². The van der Waals surface area contributed by atoms with Crippen molar-refractivity contribution in [2.75, 3.05) is 13.2 Å². The first kappa shape index (κ1) is 13.2. The second-order valence-electron chi connectivity index (χ2n) is 6.04. The monoisotopic (exact) mass is 263 g/mol. The second-order valence-corrected chi connectivity index (χ2v) is 6.04. The van der Waals surface area contributed by atoms with Crippen molar-refractivity contribution < 1.29 is 9.15 Å². The van der Waals surface area contributed by atoms with Gasteiger partial charge in [-0.05, 0) is 50.3 Å². The van der Waals surface area contributed by atoms with Crippen molar-refractivity contribution >= 4 is 0 Å². The fraction of sp³-hybridized carbons (Fsp3) is 0.750. The molecule has 19 heavy (non-hydrogen) atoms. The van der Waals surface area contributed by atoms with Gasteiger partial charge in [-0.15, -0.1) is 0 Å². The Kier molecular flexibility index (Phi) is 3.94. The molecule has 2 aliphatic rings. The summed E-state index contributed by atoms with van der Waals surface area (Å²) in [6.45, 7) is 4.06. The van der Waals surface area contributed by atoms with Gasteiger partial charge in [0, 0.05) is 6.61 Å². The molecule has 1 aliphatic carbocycles. The van der Waals surface area contributed by atoms with E-state index in [0.29, 0.717) is 12.0 Å². The van der Waals surface area contributed by atoms with Gasteiger partial charge in [-0.25, -0.2) is 0 Å². The predicted octanol–water partition coefficient (Wildman–Crippen LogP) is 3.67. The molecule has 0 aromatic carbocycles. The number of nitrogens with one attached hydrogen (secondary N) is 1. The number of hydrogen-bond donors (Lipinski definition) is 1. The first-order valence-corrected chi connectivity index (χ1v) is 7.74. The highest BCUT2D eigenvalue weighted by Crippen LogP contribution is 2.45. The SMILES string of the molecule is CCNC(c1ccco1)C1CCOC2(CCCC2)C1. The van der Waals surface area contributed by atoms with Crippen LogP contribution >= 0.6 is 0 Å². The minimum Gasteiger partial charge on any atom is -0.468 e. The van der Waals surface area contributed by atoms with Gasteiger partial charge in [0.05, 0.1) is 17.9 Å². The summed E-state index contributed by atoms with van der Waals surface area (Å²) in [5.74, 6) is 1.72. The van der Waals surface area contributed by atoms with E-state index in [1.165, 1.54) is 32.1 Å². The molecular formula is C16H25NO2. The zero-order valence-electron chi connectivity index (χ0n) is 11.9. The topological polar surface area (TPSA) is 34.4 Å². The Labute approximate surface area is 115 Å². The van der Waals surface area contributed by atoms with E-state index in [2.05, 4.69) is 18.3 Å². The molecule has 1 saturated carbocycles. The van der Waals surface area contributed by atoms with Crippen LogP contribution in [0.3, 0.4) is 0 Å². The quantitative estimate of drug-likeness (QED) is 0.900. The minimum atomic E-state index is 0.184. The van der Waals surface area contributed by atoms with Crippen LogP contribution in [0.1, 0.15) is 57.3 Å². The molecule has 1 aromatic heterocycles. The average Bonchev–Trinajstić information content (AvgIpc) is 3.08. The highest BCUT2D eigenvalue weighted by atomic mass is 16.5. The lowest BCUT2D eigenvalue weighted by atomic mass is 9.80. The second kappa shape index (κ2) is 5.68. The molecule has 0 radical (unpaired) electrons. The number of ether oxygens (including phenoxy) is 1. The molecule has 1 N–H and O–H groups in total. The summed E-state index contributed by atoms with van der Waals surface area (Å²) in [6.07, 6.45) is 9.27. The lowest BCUT2D eigenvalue weighted by Crippen LogP contribution is -2.41. The van der Waals surface area contributed by atoms with Crippen LogP contribution in [0.4, 0.5) is 0 Å². The molecule has 1 saturated heterocycles. The fourth-order valence-electron chi connectivity index (χ4n) is 3.91. The van der Waals surface area contributed by atoms with Gasteiger partial charge in [0.25, 0.3) is 0 Å². The van der Waals surface area contributed by atoms with Gasteiger partial charge in [-0.1, -0.05) is 19.8 Å². The minimum absolute atomic E-state index is 0.184. The van der Waals surface area contributed by atoms with Crippen LogP contribution in [0.25, 0.3) is 0 Å². The van der Waals surface area contributed by atoms with Gasteiger partial charge < -0.3 is 14.5 Å². The number of hydrogen-bond acceptors (Lipinski definition) is 3. The first-order chi connectivity index (χ1) is 9.33. The molecule has 0 amide bonds. The molecule has 1 spiro atoms. The molecule has 3 heteroatoms. The summed E-state index contributed by atoms with van der Waals surface area (Å²) in [4.78, 5) is 0. The van der Waals surface area contributed by atoms with Crippen LogP contribution in [-0.2, 0) is 4.74 Å². The van der Waals surface area contributed by atoms with Crippen molar-refractivity contribution in [1.82, 2.24) is 5.32 Å². The maximum Gasteiger partial charge on any atom is 0.120 e. The van der Waals surface area contributed by atoms with E-state index < -0.39 is 0 Å². The molecule has 3 rings (SSSR count). The molecule has 2 fully saturated rings. The average molecular weight is 263 g/mol. The Morgan fingerprint density at radius 1 is 1.42 bits per heavy atom. The van der Waals surface area contributed by atoms with Gasteiger partial charge in [0.15, 0.2) is 0 Å². The van der Waals surface area contributed by atoms with Crippen LogP contribution in [0.2, 0.25) is 0 Å². The lowest BCUT2D eigenvalue weighted by molar-refractivity contribution is -0.0990. The maximum absolute atomic E-state index is 6.14. The normalized spacial score (nSPS) is 27.7. The maximum atomic E-state index is 6.14. The van der Waals surface area contributed by atoms with Crippen LogP contribution in [0.15, 0.2) is 22.8 Å². The van der Waals surface area contributed by atoms with E-state index in [-0.39, 0.29) is 5.60 Å². The third kappa shape index (κ3) is 2.72. The highest BCUT2D eigenvalue weighted by Gasteiger charge is 2.42. The molecule has 0 bridgehead atoms. The fourth-order valence-corrected chi connectivity index (χ4v) is 3.91. The Bertz CT molecular complexity index is 381. The van der Waals surface area contributed by atoms with Crippen molar-refractivity contribution in [2.24, 2.45) is 5.92 Å². The van der Waals surface area contributed by atoms with E-state index in [0.717, 1.165) is 25.3 Å². The van der Waals surface area contributed by atoms with Crippen molar-refractivity contribution in [2.45, 2.75) is 57.1 Å². The van der Waals surface area contributed by atoms with Crippen molar-refractivity contribution in [1.29, 1.82) is 0 Å². The Hall–Kier alpha value is -0.800. The van der Waals surface area contributed by atoms with E-state index in [4.69, 9.17) is 9.15 Å². The summed E-state index contributed by atoms with van der Waals surface area (Å²) >= 11 is 0. The lowest BCUT2D eigenvalue weighted by Gasteiger charge is -2.41. The summed E-state index contributed by atoms with van der Waals surface area (Å²) in [6, 6.07) is 4.44. The van der Waals surface area contributed by atoms with Crippen molar-refractivity contribution in [3.05, 3.63) is 24.2 Å². The number of rotatable bonds is 4. The van der Waals surface area contributed by atoms with Gasteiger partial charge in [-0.3, -0.25) is 0 Å². The zero-order valence-corrected chi connectivity index (χ0v) is 11.9. The number of furan rings is 1. The smallest absolute Gasteiger partial charge is 0.120 e. The Morgan fingerprint density at radius 3 is 2.95 bits per heavy atom. The molecule has 1 aromatic rings. The molecule has 2 heterocycles. The first-order valence-electron chi connectivity index (χ1n) is 7.74. The summed E-state index contributed by atoms with van der Waals surface area (Å²) in [5.41, 5.74) is 0.184. The van der Waals surface area contributed by atoms with Crippen LogP contribution in [0, 0.1) is 5.92 Å². The highest BCUT2D eigenvalue weighted by molar-refractivity contribution is 5.08. The third-order valence-corrected chi connectivity index (χ3v) is 4.79.